The molecule has 0 rings (SSSR count). The first-order chi connectivity index (χ1) is 22.3. The summed E-state index contributed by atoms with van der Waals surface area (Å²) in [7, 11) is -4.71. The molecule has 2 atom stereocenters. The Morgan fingerprint density at radius 1 is 0.609 bits per heavy atom. The molecule has 46 heavy (non-hydrogen) atoms. The van der Waals surface area contributed by atoms with Gasteiger partial charge in [0.2, 0.25) is 5.91 Å². The van der Waals surface area contributed by atoms with Gasteiger partial charge in [0.05, 0.1) is 18.8 Å². The second kappa shape index (κ2) is 34.2. The predicted molar refractivity (Wildman–Crippen MR) is 195 cm³/mol. The highest BCUT2D eigenvalue weighted by Crippen LogP contribution is 2.35. The van der Waals surface area contributed by atoms with Crippen molar-refractivity contribution in [2.24, 2.45) is 0 Å². The number of aliphatic hydroxyl groups excluding tert-OH is 1. The average Bonchev–Trinajstić information content (AvgIpc) is 3.02. The first kappa shape index (κ1) is 45.3. The van der Waals surface area contributed by atoms with Gasteiger partial charge in [0, 0.05) is 6.42 Å². The number of aliphatic hydroxyl groups is 1. The number of hydrogen-bond acceptors (Lipinski definition) is 4. The Hall–Kier alpha value is -0.720. The maximum atomic E-state index is 12.5. The molecule has 0 aromatic heterocycles. The van der Waals surface area contributed by atoms with Gasteiger partial charge >= 0.3 is 7.82 Å². The van der Waals surface area contributed by atoms with Gasteiger partial charge in [-0.2, -0.15) is 0 Å². The number of amides is 1. The van der Waals surface area contributed by atoms with Crippen LogP contribution in [0.15, 0.2) is 12.2 Å². The van der Waals surface area contributed by atoms with Crippen molar-refractivity contribution in [3.8, 4) is 0 Å². The maximum absolute atomic E-state index is 12.5. The van der Waals surface area contributed by atoms with Crippen molar-refractivity contribution in [1.29, 1.82) is 0 Å². The SMILES string of the molecule is CCCCCCCCCCCCCCCC/C=C/[C@@H](O)[C@H](COP(=O)(O)O)NC(=O)CCCCCCCCCCCCCCCC. The number of carbonyl (C=O) groups excluding carboxylic acids is 1. The fourth-order valence-corrected chi connectivity index (χ4v) is 6.34. The van der Waals surface area contributed by atoms with Crippen molar-refractivity contribution in [2.75, 3.05) is 6.61 Å². The molecule has 4 N–H and O–H groups in total. The highest BCUT2D eigenvalue weighted by molar-refractivity contribution is 7.46. The smallest absolute Gasteiger partial charge is 0.387 e. The summed E-state index contributed by atoms with van der Waals surface area (Å²) in [5.74, 6) is -0.224. The molecular formula is C38H76NO6P. The Morgan fingerprint density at radius 3 is 1.33 bits per heavy atom. The summed E-state index contributed by atoms with van der Waals surface area (Å²) in [5.41, 5.74) is 0. The molecule has 274 valence electrons. The summed E-state index contributed by atoms with van der Waals surface area (Å²) < 4.78 is 15.9. The first-order valence-corrected chi connectivity index (χ1v) is 21.2. The van der Waals surface area contributed by atoms with Gasteiger partial charge in [0.25, 0.3) is 0 Å². The van der Waals surface area contributed by atoms with E-state index in [0.29, 0.717) is 6.42 Å². The van der Waals surface area contributed by atoms with Crippen molar-refractivity contribution in [2.45, 2.75) is 219 Å². The molecule has 0 radical (unpaired) electrons. The van der Waals surface area contributed by atoms with Gasteiger partial charge in [-0.05, 0) is 19.3 Å². The topological polar surface area (TPSA) is 116 Å². The number of unbranched alkanes of at least 4 members (excludes halogenated alkanes) is 27. The lowest BCUT2D eigenvalue weighted by Gasteiger charge is -2.22. The lowest BCUT2D eigenvalue weighted by atomic mass is 10.0. The van der Waals surface area contributed by atoms with Gasteiger partial charge in [-0.15, -0.1) is 0 Å². The Kier molecular flexibility index (Phi) is 33.6. The standard InChI is InChI=1S/C38H76NO6P/c1-3-5-7-9-11-13-15-17-19-20-21-23-25-27-29-31-33-37(40)36(35-45-46(42,43)44)39-38(41)34-32-30-28-26-24-22-18-16-14-12-10-8-6-4-2/h31,33,36-37,40H,3-30,32,34-35H2,1-2H3,(H,39,41)(H2,42,43,44)/b33-31+/t36-,37+/m0/s1. The quantitative estimate of drug-likeness (QED) is 0.0299. The molecule has 0 aromatic rings. The van der Waals surface area contributed by atoms with Crippen molar-refractivity contribution in [3.05, 3.63) is 12.2 Å². The number of rotatable bonds is 36. The fourth-order valence-electron chi connectivity index (χ4n) is 5.99. The Labute approximate surface area is 284 Å². The van der Waals surface area contributed by atoms with Crippen LogP contribution in [-0.4, -0.2) is 39.6 Å². The van der Waals surface area contributed by atoms with Crippen LogP contribution in [0.2, 0.25) is 0 Å². The van der Waals surface area contributed by atoms with Crippen molar-refractivity contribution in [3.63, 3.8) is 0 Å². The van der Waals surface area contributed by atoms with Crippen LogP contribution in [0.3, 0.4) is 0 Å². The van der Waals surface area contributed by atoms with Crippen molar-refractivity contribution in [1.82, 2.24) is 5.32 Å². The number of allylic oxidation sites excluding steroid dienone is 1. The molecule has 8 heteroatoms. The molecule has 1 amide bonds. The molecule has 0 aliphatic rings. The minimum atomic E-state index is -4.71. The van der Waals surface area contributed by atoms with E-state index < -0.39 is 26.6 Å². The van der Waals surface area contributed by atoms with Gasteiger partial charge in [0.15, 0.2) is 0 Å². The minimum absolute atomic E-state index is 0.224. The largest absolute Gasteiger partial charge is 0.469 e. The lowest BCUT2D eigenvalue weighted by molar-refractivity contribution is -0.123. The molecular weight excluding hydrogens is 597 g/mol. The number of hydrogen-bond donors (Lipinski definition) is 4. The summed E-state index contributed by atoms with van der Waals surface area (Å²) in [6.45, 7) is 4.07. The van der Waals surface area contributed by atoms with Crippen LogP contribution in [0.1, 0.15) is 206 Å². The summed E-state index contributed by atoms with van der Waals surface area (Å²) in [6.07, 6.45) is 39.4. The van der Waals surface area contributed by atoms with E-state index in [0.717, 1.165) is 38.5 Å². The molecule has 0 aliphatic heterocycles. The van der Waals surface area contributed by atoms with Crippen molar-refractivity contribution < 1.29 is 28.8 Å². The van der Waals surface area contributed by atoms with Crippen LogP contribution < -0.4 is 5.32 Å². The first-order valence-electron chi connectivity index (χ1n) is 19.6. The van der Waals surface area contributed by atoms with E-state index in [1.165, 1.54) is 148 Å². The fraction of sp³-hybridized carbons (Fsp3) is 0.921. The molecule has 0 spiro atoms. The normalized spacial score (nSPS) is 13.4. The number of nitrogens with one attached hydrogen (secondary N) is 1. The molecule has 7 nitrogen and oxygen atoms in total. The summed E-state index contributed by atoms with van der Waals surface area (Å²) >= 11 is 0. The molecule has 0 unspecified atom stereocenters. The molecule has 0 fully saturated rings. The molecule has 0 aromatic carbocycles. The zero-order chi connectivity index (χ0) is 34.0. The molecule has 0 saturated carbocycles. The monoisotopic (exact) mass is 674 g/mol. The van der Waals surface area contributed by atoms with E-state index in [2.05, 4.69) is 23.7 Å². The lowest BCUT2D eigenvalue weighted by Crippen LogP contribution is -2.45. The third-order valence-corrected chi connectivity index (χ3v) is 9.48. The van der Waals surface area contributed by atoms with Crippen LogP contribution in [0.4, 0.5) is 0 Å². The van der Waals surface area contributed by atoms with Gasteiger partial charge in [0.1, 0.15) is 0 Å². The number of carbonyl (C=O) groups is 1. The Bertz CT molecular complexity index is 728. The van der Waals surface area contributed by atoms with Gasteiger partial charge < -0.3 is 20.2 Å². The van der Waals surface area contributed by atoms with Crippen LogP contribution in [0.25, 0.3) is 0 Å². The van der Waals surface area contributed by atoms with Crippen LogP contribution in [0.5, 0.6) is 0 Å². The molecule has 0 saturated heterocycles. The summed E-state index contributed by atoms with van der Waals surface area (Å²) in [4.78, 5) is 30.8. The van der Waals surface area contributed by atoms with E-state index in [9.17, 15) is 14.5 Å². The van der Waals surface area contributed by atoms with E-state index >= 15 is 0 Å². The summed E-state index contributed by atoms with van der Waals surface area (Å²) in [6, 6.07) is -0.903. The van der Waals surface area contributed by atoms with Gasteiger partial charge in [-0.3, -0.25) is 9.32 Å². The zero-order valence-corrected chi connectivity index (χ0v) is 31.1. The van der Waals surface area contributed by atoms with Gasteiger partial charge in [-0.25, -0.2) is 4.57 Å². The number of phosphoric ester groups is 1. The molecule has 0 bridgehead atoms. The molecule has 0 aliphatic carbocycles. The number of phosphoric acid groups is 1. The van der Waals surface area contributed by atoms with Crippen LogP contribution in [0, 0.1) is 0 Å². The minimum Gasteiger partial charge on any atom is -0.387 e. The second-order valence-electron chi connectivity index (χ2n) is 13.6. The summed E-state index contributed by atoms with van der Waals surface area (Å²) in [5, 5.41) is 13.4. The van der Waals surface area contributed by atoms with E-state index in [1.807, 2.05) is 6.08 Å². The highest BCUT2D eigenvalue weighted by Gasteiger charge is 2.24. The Balaban J connectivity index is 4.00. The van der Waals surface area contributed by atoms with E-state index in [4.69, 9.17) is 9.79 Å². The van der Waals surface area contributed by atoms with E-state index in [-0.39, 0.29) is 5.91 Å². The Morgan fingerprint density at radius 2 is 0.957 bits per heavy atom. The zero-order valence-electron chi connectivity index (χ0n) is 30.2. The van der Waals surface area contributed by atoms with Crippen LogP contribution in [-0.2, 0) is 13.9 Å². The average molecular weight is 674 g/mol. The van der Waals surface area contributed by atoms with Gasteiger partial charge in [-0.1, -0.05) is 193 Å². The van der Waals surface area contributed by atoms with E-state index in [1.54, 1.807) is 6.08 Å². The molecule has 0 heterocycles. The second-order valence-corrected chi connectivity index (χ2v) is 14.8. The highest BCUT2D eigenvalue weighted by atomic mass is 31.2. The third-order valence-electron chi connectivity index (χ3n) is 9.00. The van der Waals surface area contributed by atoms with Crippen molar-refractivity contribution >= 4 is 13.7 Å². The predicted octanol–water partition coefficient (Wildman–Crippen LogP) is 11.2. The third kappa shape index (κ3) is 34.6. The maximum Gasteiger partial charge on any atom is 0.469 e. The van der Waals surface area contributed by atoms with Crippen LogP contribution >= 0.6 is 7.82 Å².